The third-order valence-corrected chi connectivity index (χ3v) is 3.33. The molecule has 0 amide bonds. The number of hydrogen-bond acceptors (Lipinski definition) is 1. The topological polar surface area (TPSA) is 9.23 Å². The molecular weight excluding hydrogens is 188 g/mol. The molecule has 1 rings (SSSR count). The molecule has 0 aromatic carbocycles. The molecule has 0 aliphatic heterocycles. The highest BCUT2D eigenvalue weighted by Gasteiger charge is 2.36. The van der Waals surface area contributed by atoms with Gasteiger partial charge in [0, 0.05) is 0 Å². The maximum atomic E-state index is 5.57. The van der Waals surface area contributed by atoms with E-state index in [4.69, 9.17) is 4.43 Å². The molecule has 1 saturated carbocycles. The Morgan fingerprint density at radius 2 is 1.86 bits per heavy atom. The van der Waals surface area contributed by atoms with Crippen LogP contribution >= 0.6 is 0 Å². The van der Waals surface area contributed by atoms with Gasteiger partial charge >= 0.3 is 0 Å². The minimum absolute atomic E-state index is 0.384. The minimum atomic E-state index is -0.567. The lowest BCUT2D eigenvalue weighted by atomic mass is 9.78. The van der Waals surface area contributed by atoms with E-state index < -0.39 is 9.04 Å². The van der Waals surface area contributed by atoms with Crippen LogP contribution in [0.25, 0.3) is 0 Å². The third kappa shape index (κ3) is 3.87. The molecular formula is C12H23OSi. The Bertz CT molecular complexity index is 199. The second kappa shape index (κ2) is 4.52. The zero-order chi connectivity index (χ0) is 10.8. The van der Waals surface area contributed by atoms with Crippen molar-refractivity contribution in [2.24, 2.45) is 17.3 Å². The summed E-state index contributed by atoms with van der Waals surface area (Å²) < 4.78 is 5.57. The molecule has 2 heteroatoms. The van der Waals surface area contributed by atoms with Crippen molar-refractivity contribution < 1.29 is 4.43 Å². The van der Waals surface area contributed by atoms with Crippen LogP contribution in [-0.4, -0.2) is 9.04 Å². The van der Waals surface area contributed by atoms with E-state index in [9.17, 15) is 0 Å². The van der Waals surface area contributed by atoms with Gasteiger partial charge in [0.15, 0.2) is 0 Å². The summed E-state index contributed by atoms with van der Waals surface area (Å²) in [5.41, 5.74) is 0.384. The zero-order valence-corrected chi connectivity index (χ0v) is 11.1. The van der Waals surface area contributed by atoms with Gasteiger partial charge in [-0.15, -0.1) is 0 Å². The fourth-order valence-corrected chi connectivity index (χ4v) is 2.22. The lowest BCUT2D eigenvalue weighted by molar-refractivity contribution is 0.260. The fraction of sp³-hybridized carbons (Fsp3) is 0.833. The summed E-state index contributed by atoms with van der Waals surface area (Å²) in [5, 5.41) is 0. The SMILES string of the molecule is C[Si](C)OC=C[C@@H](C1CC1)C(C)(C)C. The van der Waals surface area contributed by atoms with Crippen LogP contribution in [-0.2, 0) is 4.43 Å². The summed E-state index contributed by atoms with van der Waals surface area (Å²) in [6.07, 6.45) is 7.04. The van der Waals surface area contributed by atoms with Gasteiger partial charge in [-0.05, 0) is 49.3 Å². The maximum Gasteiger partial charge on any atom is 0.273 e. The lowest BCUT2D eigenvalue weighted by Crippen LogP contribution is -2.20. The van der Waals surface area contributed by atoms with Gasteiger partial charge in [0.25, 0.3) is 9.04 Å². The molecule has 81 valence electrons. The van der Waals surface area contributed by atoms with Gasteiger partial charge in [-0.1, -0.05) is 20.8 Å². The first-order valence-electron chi connectivity index (χ1n) is 5.54. The van der Waals surface area contributed by atoms with E-state index in [2.05, 4.69) is 39.9 Å². The first-order valence-corrected chi connectivity index (χ1v) is 7.95. The molecule has 1 aliphatic rings. The third-order valence-electron chi connectivity index (χ3n) is 2.72. The summed E-state index contributed by atoms with van der Waals surface area (Å²) in [6, 6.07) is 0. The molecule has 1 atom stereocenters. The first kappa shape index (κ1) is 11.8. The highest BCUT2D eigenvalue weighted by molar-refractivity contribution is 6.48. The summed E-state index contributed by atoms with van der Waals surface area (Å²) >= 11 is 0. The van der Waals surface area contributed by atoms with Gasteiger partial charge in [0.2, 0.25) is 0 Å². The van der Waals surface area contributed by atoms with Gasteiger partial charge in [0.1, 0.15) is 0 Å². The van der Waals surface area contributed by atoms with Crippen molar-refractivity contribution in [3.05, 3.63) is 12.3 Å². The van der Waals surface area contributed by atoms with Crippen LogP contribution in [0.3, 0.4) is 0 Å². The zero-order valence-electron chi connectivity index (χ0n) is 10.1. The Kier molecular flexibility index (Phi) is 3.82. The van der Waals surface area contributed by atoms with E-state index in [0.717, 1.165) is 5.92 Å². The quantitative estimate of drug-likeness (QED) is 0.507. The minimum Gasteiger partial charge on any atom is -0.548 e. The highest BCUT2D eigenvalue weighted by atomic mass is 28.3. The van der Waals surface area contributed by atoms with Crippen LogP contribution in [0.1, 0.15) is 33.6 Å². The fourth-order valence-electron chi connectivity index (χ4n) is 1.87. The predicted molar refractivity (Wildman–Crippen MR) is 63.4 cm³/mol. The molecule has 1 aliphatic carbocycles. The molecule has 0 aromatic heterocycles. The summed E-state index contributed by atoms with van der Waals surface area (Å²) in [6.45, 7) is 11.3. The first-order chi connectivity index (χ1) is 6.41. The van der Waals surface area contributed by atoms with Crippen molar-refractivity contribution >= 4 is 9.04 Å². The Balaban J connectivity index is 2.47. The number of hydrogen-bond donors (Lipinski definition) is 0. The van der Waals surface area contributed by atoms with Crippen LogP contribution in [0.4, 0.5) is 0 Å². The summed E-state index contributed by atoms with van der Waals surface area (Å²) in [7, 11) is -0.567. The van der Waals surface area contributed by atoms with E-state index in [0.29, 0.717) is 11.3 Å². The number of allylic oxidation sites excluding steroid dienone is 1. The van der Waals surface area contributed by atoms with Gasteiger partial charge in [-0.25, -0.2) is 0 Å². The van der Waals surface area contributed by atoms with Crippen molar-refractivity contribution in [1.82, 2.24) is 0 Å². The van der Waals surface area contributed by atoms with Crippen molar-refractivity contribution in [3.63, 3.8) is 0 Å². The average Bonchev–Trinajstić information content (AvgIpc) is 2.77. The van der Waals surface area contributed by atoms with Crippen molar-refractivity contribution in [2.45, 2.75) is 46.7 Å². The summed E-state index contributed by atoms with van der Waals surface area (Å²) in [4.78, 5) is 0. The van der Waals surface area contributed by atoms with Crippen LogP contribution < -0.4 is 0 Å². The highest BCUT2D eigenvalue weighted by Crippen LogP contribution is 2.46. The van der Waals surface area contributed by atoms with Crippen molar-refractivity contribution in [1.29, 1.82) is 0 Å². The smallest absolute Gasteiger partial charge is 0.273 e. The molecule has 0 heterocycles. The van der Waals surface area contributed by atoms with E-state index in [-0.39, 0.29) is 0 Å². The van der Waals surface area contributed by atoms with Crippen LogP contribution in [0.15, 0.2) is 12.3 Å². The van der Waals surface area contributed by atoms with E-state index in [1.807, 2.05) is 6.26 Å². The molecule has 14 heavy (non-hydrogen) atoms. The van der Waals surface area contributed by atoms with E-state index >= 15 is 0 Å². The molecule has 0 N–H and O–H groups in total. The molecule has 1 nitrogen and oxygen atoms in total. The van der Waals surface area contributed by atoms with Crippen molar-refractivity contribution in [3.8, 4) is 0 Å². The number of rotatable bonds is 4. The predicted octanol–water partition coefficient (Wildman–Crippen LogP) is 3.84. The second-order valence-electron chi connectivity index (χ2n) is 5.58. The average molecular weight is 211 g/mol. The van der Waals surface area contributed by atoms with E-state index in [1.54, 1.807) is 0 Å². The molecule has 0 unspecified atom stereocenters. The molecule has 1 radical (unpaired) electrons. The van der Waals surface area contributed by atoms with Gasteiger partial charge in [0.05, 0.1) is 6.26 Å². The largest absolute Gasteiger partial charge is 0.548 e. The van der Waals surface area contributed by atoms with E-state index in [1.165, 1.54) is 12.8 Å². The molecule has 0 saturated heterocycles. The van der Waals surface area contributed by atoms with Gasteiger partial charge in [-0.3, -0.25) is 0 Å². The Hall–Kier alpha value is -0.243. The maximum absolute atomic E-state index is 5.57. The Morgan fingerprint density at radius 1 is 1.29 bits per heavy atom. The monoisotopic (exact) mass is 211 g/mol. The van der Waals surface area contributed by atoms with Crippen LogP contribution in [0, 0.1) is 17.3 Å². The standard InChI is InChI=1S/C12H23OSi/c1-12(2,3)11(10-6-7-10)8-9-13-14(4)5/h8-11H,6-7H2,1-5H3/t11-/m0/s1. The van der Waals surface area contributed by atoms with Crippen molar-refractivity contribution in [2.75, 3.05) is 0 Å². The molecule has 1 fully saturated rings. The van der Waals surface area contributed by atoms with Crippen LogP contribution in [0.2, 0.25) is 13.1 Å². The normalized spacial score (nSPS) is 20.4. The second-order valence-corrected chi connectivity index (χ2v) is 7.64. The van der Waals surface area contributed by atoms with Gasteiger partial charge in [-0.2, -0.15) is 0 Å². The summed E-state index contributed by atoms with van der Waals surface area (Å²) in [5.74, 6) is 1.61. The molecule has 0 spiro atoms. The van der Waals surface area contributed by atoms with Gasteiger partial charge < -0.3 is 4.43 Å². The Morgan fingerprint density at radius 3 is 2.21 bits per heavy atom. The molecule has 0 bridgehead atoms. The lowest BCUT2D eigenvalue weighted by Gasteiger charge is -2.28. The molecule has 0 aromatic rings. The Labute approximate surface area is 90.3 Å². The van der Waals surface area contributed by atoms with Crippen LogP contribution in [0.5, 0.6) is 0 Å².